The van der Waals surface area contributed by atoms with Crippen LogP contribution in [-0.2, 0) is 11.0 Å². The van der Waals surface area contributed by atoms with E-state index in [-0.39, 0.29) is 28.9 Å². The van der Waals surface area contributed by atoms with Crippen LogP contribution in [0.25, 0.3) is 0 Å². The molecule has 1 fully saturated rings. The van der Waals surface area contributed by atoms with Crippen LogP contribution in [0.4, 0.5) is 39.5 Å². The number of carbonyl (C=O) groups is 1. The number of nitrogens with zero attached hydrogens (tertiary/aromatic N) is 6. The molecule has 13 heteroatoms. The summed E-state index contributed by atoms with van der Waals surface area (Å²) in [7, 11) is 0. The topological polar surface area (TPSA) is 111 Å². The average Bonchev–Trinajstić information content (AvgIpc) is 3.19. The predicted molar refractivity (Wildman–Crippen MR) is 128 cm³/mol. The maximum Gasteiger partial charge on any atom is 0.416 e. The van der Waals surface area contributed by atoms with Crippen LogP contribution in [0.15, 0.2) is 59.8 Å². The van der Waals surface area contributed by atoms with Gasteiger partial charge in [-0.2, -0.15) is 28.7 Å². The summed E-state index contributed by atoms with van der Waals surface area (Å²) < 4.78 is 69.3. The summed E-state index contributed by atoms with van der Waals surface area (Å²) in [6.45, 7) is 2.63. The minimum absolute atomic E-state index is 0.0144. The number of amides is 1. The van der Waals surface area contributed by atoms with Gasteiger partial charge in [0.05, 0.1) is 28.8 Å². The molecule has 0 bridgehead atoms. The maximum atomic E-state index is 13.8. The summed E-state index contributed by atoms with van der Waals surface area (Å²) in [4.78, 5) is 18.2. The summed E-state index contributed by atoms with van der Waals surface area (Å²) in [5, 5.41) is 25.8. The van der Waals surface area contributed by atoms with E-state index >= 15 is 0 Å². The second kappa shape index (κ2) is 8.63. The summed E-state index contributed by atoms with van der Waals surface area (Å²) >= 11 is 0. The number of rotatable bonds is 4. The first kappa shape index (κ1) is 25.9. The normalized spacial score (nSPS) is 21.6. The van der Waals surface area contributed by atoms with Crippen molar-refractivity contribution in [1.82, 2.24) is 14.8 Å². The Hall–Kier alpha value is -4.78. The molecule has 5 rings (SSSR count). The first-order valence-corrected chi connectivity index (χ1v) is 11.5. The van der Waals surface area contributed by atoms with Crippen molar-refractivity contribution < 1.29 is 26.7 Å². The third kappa shape index (κ3) is 4.16. The zero-order chi connectivity index (χ0) is 28.3. The molecule has 0 radical (unpaired) electrons. The quantitative estimate of drug-likeness (QED) is 0.427. The fourth-order valence-corrected chi connectivity index (χ4v) is 4.49. The predicted octanol–water partition coefficient (Wildman–Crippen LogP) is 5.69. The van der Waals surface area contributed by atoms with Crippen molar-refractivity contribution in [2.45, 2.75) is 38.4 Å². The van der Waals surface area contributed by atoms with Gasteiger partial charge in [0, 0.05) is 17.8 Å². The Morgan fingerprint density at radius 3 is 2.36 bits per heavy atom. The number of carbonyl (C=O) groups excluding carboxylic acids is 1. The van der Waals surface area contributed by atoms with Crippen molar-refractivity contribution in [3.63, 3.8) is 0 Å². The number of anilines is 3. The molecule has 0 spiro atoms. The van der Waals surface area contributed by atoms with Gasteiger partial charge in [-0.1, -0.05) is 18.2 Å². The third-order valence-electron chi connectivity index (χ3n) is 6.95. The number of fused-ring (bicyclic) bond motifs is 1. The number of nitrogens with one attached hydrogen (secondary N) is 1. The monoisotopic (exact) mass is 539 g/mol. The molecule has 0 saturated heterocycles. The van der Waals surface area contributed by atoms with Crippen molar-refractivity contribution in [2.75, 3.05) is 10.2 Å². The number of hydrogen-bond donors (Lipinski definition) is 1. The zero-order valence-corrected chi connectivity index (χ0v) is 20.4. The number of aromatic nitrogens is 3. The molecule has 2 heterocycles. The first-order valence-electron chi connectivity index (χ1n) is 11.5. The number of allylic oxidation sites excluding steroid dienone is 2. The van der Waals surface area contributed by atoms with Gasteiger partial charge in [0.15, 0.2) is 0 Å². The van der Waals surface area contributed by atoms with Gasteiger partial charge in [-0.3, -0.25) is 15.0 Å². The van der Waals surface area contributed by atoms with E-state index in [0.717, 1.165) is 19.1 Å². The van der Waals surface area contributed by atoms with Crippen LogP contribution < -0.4 is 10.2 Å². The Bertz CT molecular complexity index is 1610. The van der Waals surface area contributed by atoms with Gasteiger partial charge < -0.3 is 0 Å². The highest BCUT2D eigenvalue weighted by molar-refractivity contribution is 5.97. The van der Waals surface area contributed by atoms with Crippen LogP contribution in [0.1, 0.15) is 43.0 Å². The third-order valence-corrected chi connectivity index (χ3v) is 6.95. The van der Waals surface area contributed by atoms with E-state index in [1.54, 1.807) is 12.1 Å². The van der Waals surface area contributed by atoms with Gasteiger partial charge in [0.1, 0.15) is 11.5 Å². The molecule has 1 aliphatic heterocycles. The summed E-state index contributed by atoms with van der Waals surface area (Å²) in [5.74, 6) is -4.62. The van der Waals surface area contributed by atoms with Crippen molar-refractivity contribution in [1.29, 1.82) is 10.5 Å². The lowest BCUT2D eigenvalue weighted by Crippen LogP contribution is -2.31. The van der Waals surface area contributed by atoms with Crippen molar-refractivity contribution >= 4 is 23.5 Å². The number of halogens is 5. The molecule has 1 aromatic heterocycles. The largest absolute Gasteiger partial charge is 0.416 e. The lowest BCUT2D eigenvalue weighted by molar-refractivity contribution is -0.137. The Labute approximate surface area is 218 Å². The van der Waals surface area contributed by atoms with E-state index in [9.17, 15) is 32.0 Å². The van der Waals surface area contributed by atoms with Gasteiger partial charge >= 0.3 is 6.18 Å². The molecule has 2 aromatic carbocycles. The second-order valence-corrected chi connectivity index (χ2v) is 9.48. The minimum atomic E-state index is -4.65. The van der Waals surface area contributed by atoms with Gasteiger partial charge in [-0.15, -0.1) is 5.10 Å². The fourth-order valence-electron chi connectivity index (χ4n) is 4.49. The van der Waals surface area contributed by atoms with Crippen LogP contribution >= 0.6 is 0 Å². The van der Waals surface area contributed by atoms with E-state index in [0.29, 0.717) is 11.1 Å². The Kier molecular flexibility index (Phi) is 5.72. The smallest absolute Gasteiger partial charge is 0.292 e. The first-order chi connectivity index (χ1) is 18.3. The fraction of sp³-hybridized carbons (Fsp3) is 0.269. The summed E-state index contributed by atoms with van der Waals surface area (Å²) in [6, 6.07) is 13.7. The van der Waals surface area contributed by atoms with E-state index in [4.69, 9.17) is 5.26 Å². The molecule has 3 aromatic rings. The lowest BCUT2D eigenvalue weighted by Gasteiger charge is -2.34. The van der Waals surface area contributed by atoms with Gasteiger partial charge in [0.25, 0.3) is 11.9 Å². The zero-order valence-electron chi connectivity index (χ0n) is 20.4. The molecule has 1 N–H and O–H groups in total. The molecule has 8 nitrogen and oxygen atoms in total. The standard InChI is InChI=1S/C26H18F5N7O/c1-14-19(12-33)20(16-8-6-15(11-32)7-9-16)38-23(37(14)18-5-3-4-17(10-18)26(29,30)31)35-22(36-38)34-21(39)24(2)13-25(24,27)28/h3-10,20H,13H2,1-2H3,(H,34,36,39). The summed E-state index contributed by atoms with van der Waals surface area (Å²) in [6.07, 6.45) is -5.30. The van der Waals surface area contributed by atoms with Crippen molar-refractivity contribution in [2.24, 2.45) is 5.41 Å². The molecule has 39 heavy (non-hydrogen) atoms. The highest BCUT2D eigenvalue weighted by Crippen LogP contribution is 2.60. The van der Waals surface area contributed by atoms with Crippen molar-refractivity contribution in [3.8, 4) is 12.1 Å². The number of alkyl halides is 5. The minimum Gasteiger partial charge on any atom is -0.292 e. The van der Waals surface area contributed by atoms with Crippen LogP contribution in [0.2, 0.25) is 0 Å². The SMILES string of the molecule is CC1=C(C#N)C(c2ccc(C#N)cc2)n2nc(NC(=O)C3(C)CC3(F)F)nc2N1c1cccc(C(F)(F)F)c1. The molecular formula is C26H18F5N7O. The highest BCUT2D eigenvalue weighted by Gasteiger charge is 2.72. The Morgan fingerprint density at radius 1 is 1.13 bits per heavy atom. The Morgan fingerprint density at radius 2 is 1.79 bits per heavy atom. The van der Waals surface area contributed by atoms with Crippen molar-refractivity contribution in [3.05, 3.63) is 76.5 Å². The van der Waals surface area contributed by atoms with Crippen LogP contribution in [-0.4, -0.2) is 26.6 Å². The molecule has 2 unspecified atom stereocenters. The van der Waals surface area contributed by atoms with Gasteiger partial charge in [-0.05, 0) is 49.7 Å². The van der Waals surface area contributed by atoms with Gasteiger partial charge in [-0.25, -0.2) is 13.5 Å². The molecular weight excluding hydrogens is 521 g/mol. The summed E-state index contributed by atoms with van der Waals surface area (Å²) in [5.41, 5.74) is -1.68. The van der Waals surface area contributed by atoms with Crippen LogP contribution in [0.5, 0.6) is 0 Å². The Balaban J connectivity index is 1.67. The van der Waals surface area contributed by atoms with Crippen LogP contribution in [0, 0.1) is 28.1 Å². The molecule has 2 aliphatic rings. The second-order valence-electron chi connectivity index (χ2n) is 9.48. The highest BCUT2D eigenvalue weighted by atomic mass is 19.4. The van der Waals surface area contributed by atoms with Gasteiger partial charge in [0.2, 0.25) is 11.9 Å². The lowest BCUT2D eigenvalue weighted by atomic mass is 9.95. The molecule has 2 atom stereocenters. The van der Waals surface area contributed by atoms with E-state index in [1.807, 2.05) is 6.07 Å². The van der Waals surface area contributed by atoms with E-state index < -0.39 is 41.4 Å². The maximum absolute atomic E-state index is 13.8. The molecule has 1 amide bonds. The molecule has 198 valence electrons. The van der Waals surface area contributed by atoms with Crippen LogP contribution in [0.3, 0.4) is 0 Å². The van der Waals surface area contributed by atoms with E-state index in [1.165, 1.54) is 40.8 Å². The number of hydrogen-bond acceptors (Lipinski definition) is 6. The molecule has 1 saturated carbocycles. The number of benzene rings is 2. The van der Waals surface area contributed by atoms with E-state index in [2.05, 4.69) is 21.5 Å². The average molecular weight is 539 g/mol. The number of nitriles is 2. The molecule has 1 aliphatic carbocycles.